The molecule has 0 aromatic heterocycles. The smallest absolute Gasteiger partial charge is 0.237 e. The maximum Gasteiger partial charge on any atom is 0.237 e. The summed E-state index contributed by atoms with van der Waals surface area (Å²) in [7, 11) is 0. The third-order valence-electron chi connectivity index (χ3n) is 4.85. The van der Waals surface area contributed by atoms with Gasteiger partial charge in [0.05, 0.1) is 6.04 Å². The van der Waals surface area contributed by atoms with Crippen molar-refractivity contribution in [2.75, 3.05) is 6.54 Å². The van der Waals surface area contributed by atoms with Gasteiger partial charge in [-0.05, 0) is 37.1 Å². The molecule has 98 valence electrons. The highest BCUT2D eigenvalue weighted by Crippen LogP contribution is 2.29. The first-order valence-electron chi connectivity index (χ1n) is 7.13. The standard InChI is InChI=1S/C14H26N2O/c1-9-5-4-6-12(11(9)3)16-14(17)13-10(2)7-8-15-13/h9-13,15H,4-8H2,1-3H3,(H,16,17). The van der Waals surface area contributed by atoms with Gasteiger partial charge in [-0.2, -0.15) is 0 Å². The molecule has 3 heteroatoms. The quantitative estimate of drug-likeness (QED) is 0.772. The summed E-state index contributed by atoms with van der Waals surface area (Å²) in [5.74, 6) is 2.06. The fraction of sp³-hybridized carbons (Fsp3) is 0.929. The summed E-state index contributed by atoms with van der Waals surface area (Å²) in [5, 5.41) is 6.58. The molecule has 1 aliphatic carbocycles. The van der Waals surface area contributed by atoms with Crippen molar-refractivity contribution >= 4 is 5.91 Å². The number of nitrogens with one attached hydrogen (secondary N) is 2. The fourth-order valence-corrected chi connectivity index (χ4v) is 3.24. The van der Waals surface area contributed by atoms with E-state index in [1.54, 1.807) is 0 Å². The molecule has 2 aliphatic rings. The monoisotopic (exact) mass is 238 g/mol. The van der Waals surface area contributed by atoms with Crippen molar-refractivity contribution in [3.05, 3.63) is 0 Å². The van der Waals surface area contributed by atoms with E-state index in [0.29, 0.717) is 17.9 Å². The van der Waals surface area contributed by atoms with E-state index in [4.69, 9.17) is 0 Å². The van der Waals surface area contributed by atoms with Crippen LogP contribution in [0.4, 0.5) is 0 Å². The molecule has 1 amide bonds. The van der Waals surface area contributed by atoms with Crippen molar-refractivity contribution in [3.8, 4) is 0 Å². The molecule has 2 N–H and O–H groups in total. The Balaban J connectivity index is 1.89. The van der Waals surface area contributed by atoms with E-state index in [2.05, 4.69) is 31.4 Å². The van der Waals surface area contributed by atoms with E-state index in [-0.39, 0.29) is 11.9 Å². The molecule has 5 atom stereocenters. The maximum absolute atomic E-state index is 12.2. The van der Waals surface area contributed by atoms with Crippen LogP contribution in [0.5, 0.6) is 0 Å². The number of amides is 1. The Kier molecular flexibility index (Phi) is 4.08. The molecule has 17 heavy (non-hydrogen) atoms. The largest absolute Gasteiger partial charge is 0.352 e. The third kappa shape index (κ3) is 2.82. The molecule has 1 aliphatic heterocycles. The van der Waals surface area contributed by atoms with E-state index >= 15 is 0 Å². The SMILES string of the molecule is CC1CCNC1C(=O)NC1CCCC(C)C1C. The van der Waals surface area contributed by atoms with E-state index in [9.17, 15) is 4.79 Å². The van der Waals surface area contributed by atoms with Gasteiger partial charge in [-0.3, -0.25) is 4.79 Å². The van der Waals surface area contributed by atoms with Gasteiger partial charge in [0.25, 0.3) is 0 Å². The summed E-state index contributed by atoms with van der Waals surface area (Å²) < 4.78 is 0. The average Bonchev–Trinajstić information content (AvgIpc) is 2.71. The predicted octanol–water partition coefficient (Wildman–Crippen LogP) is 1.93. The van der Waals surface area contributed by atoms with E-state index in [0.717, 1.165) is 25.3 Å². The van der Waals surface area contributed by atoms with Gasteiger partial charge in [0.15, 0.2) is 0 Å². The van der Waals surface area contributed by atoms with Gasteiger partial charge in [0.2, 0.25) is 5.91 Å². The van der Waals surface area contributed by atoms with Crippen molar-refractivity contribution in [2.24, 2.45) is 17.8 Å². The van der Waals surface area contributed by atoms with Crippen LogP contribution in [-0.2, 0) is 4.79 Å². The molecule has 0 radical (unpaired) electrons. The predicted molar refractivity (Wildman–Crippen MR) is 69.7 cm³/mol. The molecule has 1 heterocycles. The zero-order valence-corrected chi connectivity index (χ0v) is 11.3. The first-order chi connectivity index (χ1) is 8.09. The van der Waals surface area contributed by atoms with Crippen molar-refractivity contribution in [2.45, 2.75) is 58.5 Å². The lowest BCUT2D eigenvalue weighted by atomic mass is 9.78. The molecular formula is C14H26N2O. The van der Waals surface area contributed by atoms with Gasteiger partial charge in [-0.15, -0.1) is 0 Å². The molecule has 0 spiro atoms. The van der Waals surface area contributed by atoms with Gasteiger partial charge in [0.1, 0.15) is 0 Å². The fourth-order valence-electron chi connectivity index (χ4n) is 3.24. The van der Waals surface area contributed by atoms with Crippen LogP contribution < -0.4 is 10.6 Å². The second-order valence-electron chi connectivity index (χ2n) is 6.08. The van der Waals surface area contributed by atoms with Gasteiger partial charge in [-0.1, -0.05) is 33.6 Å². The molecule has 3 nitrogen and oxygen atoms in total. The zero-order chi connectivity index (χ0) is 12.4. The molecular weight excluding hydrogens is 212 g/mol. The topological polar surface area (TPSA) is 41.1 Å². The maximum atomic E-state index is 12.2. The normalized spacial score (nSPS) is 42.4. The summed E-state index contributed by atoms with van der Waals surface area (Å²) >= 11 is 0. The third-order valence-corrected chi connectivity index (χ3v) is 4.85. The summed E-state index contributed by atoms with van der Waals surface area (Å²) in [6, 6.07) is 0.431. The van der Waals surface area contributed by atoms with Gasteiger partial charge in [0, 0.05) is 6.04 Å². The van der Waals surface area contributed by atoms with E-state index < -0.39 is 0 Å². The van der Waals surface area contributed by atoms with Crippen molar-refractivity contribution < 1.29 is 4.79 Å². The van der Waals surface area contributed by atoms with E-state index in [1.807, 2.05) is 0 Å². The highest BCUT2D eigenvalue weighted by molar-refractivity contribution is 5.82. The van der Waals surface area contributed by atoms with Gasteiger partial charge in [-0.25, -0.2) is 0 Å². The van der Waals surface area contributed by atoms with Gasteiger partial charge < -0.3 is 10.6 Å². The van der Waals surface area contributed by atoms with Crippen molar-refractivity contribution in [3.63, 3.8) is 0 Å². The van der Waals surface area contributed by atoms with Crippen LogP contribution in [-0.4, -0.2) is 24.5 Å². The van der Waals surface area contributed by atoms with Crippen LogP contribution in [0.1, 0.15) is 46.5 Å². The lowest BCUT2D eigenvalue weighted by molar-refractivity contribution is -0.125. The summed E-state index contributed by atoms with van der Waals surface area (Å²) in [6.45, 7) is 7.73. The molecule has 0 aromatic carbocycles. The number of carbonyl (C=O) groups is 1. The lowest BCUT2D eigenvalue weighted by Gasteiger charge is -2.35. The molecule has 0 aromatic rings. The van der Waals surface area contributed by atoms with Crippen molar-refractivity contribution in [1.82, 2.24) is 10.6 Å². The Bertz CT molecular complexity index is 279. The highest BCUT2D eigenvalue weighted by Gasteiger charge is 2.33. The van der Waals surface area contributed by atoms with Gasteiger partial charge >= 0.3 is 0 Å². The Morgan fingerprint density at radius 2 is 1.88 bits per heavy atom. The Hall–Kier alpha value is -0.570. The van der Waals surface area contributed by atoms with Crippen molar-refractivity contribution in [1.29, 1.82) is 0 Å². The second kappa shape index (κ2) is 5.38. The Morgan fingerprint density at radius 3 is 2.53 bits per heavy atom. The number of hydrogen-bond acceptors (Lipinski definition) is 2. The average molecular weight is 238 g/mol. The van der Waals surface area contributed by atoms with Crippen LogP contribution in [0.3, 0.4) is 0 Å². The number of hydrogen-bond donors (Lipinski definition) is 2. The number of rotatable bonds is 2. The first-order valence-corrected chi connectivity index (χ1v) is 7.13. The summed E-state index contributed by atoms with van der Waals surface area (Å²) in [5.41, 5.74) is 0. The highest BCUT2D eigenvalue weighted by atomic mass is 16.2. The second-order valence-corrected chi connectivity index (χ2v) is 6.08. The minimum Gasteiger partial charge on any atom is -0.352 e. The Labute approximate surface area is 105 Å². The molecule has 2 fully saturated rings. The van der Waals surface area contributed by atoms with Crippen LogP contribution >= 0.6 is 0 Å². The Morgan fingerprint density at radius 1 is 1.12 bits per heavy atom. The molecule has 2 rings (SSSR count). The summed E-state index contributed by atoms with van der Waals surface area (Å²) in [6.07, 6.45) is 4.84. The van der Waals surface area contributed by atoms with Crippen LogP contribution in [0.15, 0.2) is 0 Å². The lowest BCUT2D eigenvalue weighted by Crippen LogP contribution is -2.51. The zero-order valence-electron chi connectivity index (χ0n) is 11.3. The molecule has 1 saturated carbocycles. The van der Waals surface area contributed by atoms with E-state index in [1.165, 1.54) is 12.8 Å². The van der Waals surface area contributed by atoms with Crippen LogP contribution in [0, 0.1) is 17.8 Å². The van der Waals surface area contributed by atoms with Crippen LogP contribution in [0.2, 0.25) is 0 Å². The summed E-state index contributed by atoms with van der Waals surface area (Å²) in [4.78, 5) is 12.2. The molecule has 5 unspecified atom stereocenters. The molecule has 0 bridgehead atoms. The number of carbonyl (C=O) groups excluding carboxylic acids is 1. The van der Waals surface area contributed by atoms with Crippen LogP contribution in [0.25, 0.3) is 0 Å². The minimum atomic E-state index is 0.0411. The minimum absolute atomic E-state index is 0.0411. The molecule has 1 saturated heterocycles. The first kappa shape index (κ1) is 12.9.